The van der Waals surface area contributed by atoms with E-state index in [2.05, 4.69) is 34.6 Å². The second-order valence-electron chi connectivity index (χ2n) is 22.2. The zero-order valence-corrected chi connectivity index (χ0v) is 47.5. The van der Waals surface area contributed by atoms with Crippen LogP contribution in [0, 0.1) is 11.8 Å². The molecule has 0 aliphatic carbocycles. The summed E-state index contributed by atoms with van der Waals surface area (Å²) in [5.74, 6) is 0.931. The molecule has 0 heterocycles. The normalized spacial score (nSPS) is 12.8. The lowest BCUT2D eigenvalue weighted by Crippen LogP contribution is -2.30. The number of hydrogen-bond acceptors (Lipinski definition) is 6. The van der Waals surface area contributed by atoms with Crippen LogP contribution in [-0.4, -0.2) is 37.2 Å². The van der Waals surface area contributed by atoms with E-state index in [1.54, 1.807) is 0 Å². The molecule has 0 rings (SSSR count). The molecule has 0 spiro atoms. The van der Waals surface area contributed by atoms with E-state index in [4.69, 9.17) is 14.2 Å². The van der Waals surface area contributed by atoms with Gasteiger partial charge in [0, 0.05) is 19.3 Å². The van der Waals surface area contributed by atoms with Gasteiger partial charge in [-0.25, -0.2) is 0 Å². The van der Waals surface area contributed by atoms with E-state index in [0.717, 1.165) is 69.6 Å². The van der Waals surface area contributed by atoms with Crippen molar-refractivity contribution in [3.8, 4) is 0 Å². The van der Waals surface area contributed by atoms with Gasteiger partial charge >= 0.3 is 17.9 Å². The van der Waals surface area contributed by atoms with Gasteiger partial charge in [0.1, 0.15) is 13.2 Å². The molecule has 0 aliphatic rings. The highest BCUT2D eigenvalue weighted by Crippen LogP contribution is 2.19. The molecule has 6 heteroatoms. The minimum Gasteiger partial charge on any atom is -0.462 e. The first-order valence-electron chi connectivity index (χ1n) is 31.3. The number of carbonyl (C=O) groups excluding carboxylic acids is 3. The van der Waals surface area contributed by atoms with Crippen LogP contribution in [0.2, 0.25) is 0 Å². The molecule has 6 nitrogen and oxygen atoms in total. The summed E-state index contributed by atoms with van der Waals surface area (Å²) in [6, 6.07) is 0. The summed E-state index contributed by atoms with van der Waals surface area (Å²) < 4.78 is 16.9. The summed E-state index contributed by atoms with van der Waals surface area (Å²) in [5, 5.41) is 0. The van der Waals surface area contributed by atoms with Gasteiger partial charge in [-0.05, 0) is 31.1 Å². The molecule has 0 saturated heterocycles. The number of esters is 3. The van der Waals surface area contributed by atoms with Gasteiger partial charge in [-0.1, -0.05) is 317 Å². The Labute approximate surface area is 431 Å². The monoisotopic (exact) mass is 975 g/mol. The van der Waals surface area contributed by atoms with Gasteiger partial charge in [0.2, 0.25) is 0 Å². The molecule has 2 unspecified atom stereocenters. The number of unbranched alkanes of at least 4 members (excludes halogenated alkanes) is 40. The maximum absolute atomic E-state index is 12.9. The van der Waals surface area contributed by atoms with Crippen LogP contribution in [-0.2, 0) is 28.6 Å². The average molecular weight is 976 g/mol. The van der Waals surface area contributed by atoms with Crippen molar-refractivity contribution in [1.29, 1.82) is 0 Å². The predicted octanol–water partition coefficient (Wildman–Crippen LogP) is 20.8. The SMILES string of the molecule is CCCCCCCCCCCCCCCCCCCCCC(=O)O[C@H](COC(=O)CCCCCCCCCCCCCCCCC(C)CC)COC(=O)CCCCCCCCCCCCC(C)CC. The number of carbonyl (C=O) groups is 3. The van der Waals surface area contributed by atoms with Crippen molar-refractivity contribution in [3.05, 3.63) is 0 Å². The molecular formula is C63H122O6. The van der Waals surface area contributed by atoms with Crippen LogP contribution in [0.3, 0.4) is 0 Å². The van der Waals surface area contributed by atoms with E-state index in [1.807, 2.05) is 0 Å². The topological polar surface area (TPSA) is 78.9 Å². The first-order valence-corrected chi connectivity index (χ1v) is 31.3. The first kappa shape index (κ1) is 67.4. The van der Waals surface area contributed by atoms with Gasteiger partial charge in [0.25, 0.3) is 0 Å². The zero-order valence-electron chi connectivity index (χ0n) is 47.5. The Kier molecular flexibility index (Phi) is 54.4. The summed E-state index contributed by atoms with van der Waals surface area (Å²) in [7, 11) is 0. The Balaban J connectivity index is 4.29. The molecule has 0 aromatic carbocycles. The summed E-state index contributed by atoms with van der Waals surface area (Å²) in [6.07, 6.45) is 60.9. The Hall–Kier alpha value is -1.59. The second kappa shape index (κ2) is 55.7. The fraction of sp³-hybridized carbons (Fsp3) is 0.952. The molecular weight excluding hydrogens is 853 g/mol. The molecule has 0 amide bonds. The van der Waals surface area contributed by atoms with Crippen LogP contribution < -0.4 is 0 Å². The van der Waals surface area contributed by atoms with Gasteiger partial charge in [0.15, 0.2) is 6.10 Å². The van der Waals surface area contributed by atoms with Crippen molar-refractivity contribution in [3.63, 3.8) is 0 Å². The van der Waals surface area contributed by atoms with Crippen LogP contribution in [0.1, 0.15) is 356 Å². The van der Waals surface area contributed by atoms with Crippen molar-refractivity contribution in [2.24, 2.45) is 11.8 Å². The van der Waals surface area contributed by atoms with Crippen molar-refractivity contribution in [1.82, 2.24) is 0 Å². The Bertz CT molecular complexity index is 1060. The average Bonchev–Trinajstić information content (AvgIpc) is 3.35. The highest BCUT2D eigenvalue weighted by atomic mass is 16.6. The molecule has 0 aliphatic heterocycles. The fourth-order valence-electron chi connectivity index (χ4n) is 9.69. The van der Waals surface area contributed by atoms with Gasteiger partial charge < -0.3 is 14.2 Å². The van der Waals surface area contributed by atoms with E-state index in [1.165, 1.54) is 244 Å². The van der Waals surface area contributed by atoms with Crippen LogP contribution in [0.4, 0.5) is 0 Å². The third-order valence-corrected chi connectivity index (χ3v) is 15.2. The summed E-state index contributed by atoms with van der Waals surface area (Å²) >= 11 is 0. The van der Waals surface area contributed by atoms with E-state index >= 15 is 0 Å². The number of rotatable bonds is 57. The van der Waals surface area contributed by atoms with E-state index in [-0.39, 0.29) is 31.1 Å². The van der Waals surface area contributed by atoms with E-state index in [0.29, 0.717) is 19.3 Å². The lowest BCUT2D eigenvalue weighted by atomic mass is 9.99. The zero-order chi connectivity index (χ0) is 50.4. The van der Waals surface area contributed by atoms with Crippen molar-refractivity contribution < 1.29 is 28.6 Å². The Morgan fingerprint density at radius 2 is 0.507 bits per heavy atom. The molecule has 0 aromatic rings. The third-order valence-electron chi connectivity index (χ3n) is 15.2. The van der Waals surface area contributed by atoms with Crippen LogP contribution >= 0.6 is 0 Å². The molecule has 0 fully saturated rings. The molecule has 3 atom stereocenters. The standard InChI is InChI=1S/C63H122O6/c1-6-9-10-11-12-13-14-15-16-17-18-19-20-25-28-35-40-45-50-55-63(66)69-60(57-68-62(65)54-49-44-39-34-30-29-32-37-42-47-52-59(5)8-3)56-67-61(64)53-48-43-38-33-27-24-22-21-23-26-31-36-41-46-51-58(4)7-2/h58-60H,6-57H2,1-5H3/t58?,59?,60-/m1/s1. The lowest BCUT2D eigenvalue weighted by Gasteiger charge is -2.18. The quantitative estimate of drug-likeness (QED) is 0.0343. The van der Waals surface area contributed by atoms with Crippen LogP contribution in [0.25, 0.3) is 0 Å². The third kappa shape index (κ3) is 54.0. The van der Waals surface area contributed by atoms with Gasteiger partial charge in [-0.2, -0.15) is 0 Å². The van der Waals surface area contributed by atoms with Gasteiger partial charge in [-0.3, -0.25) is 14.4 Å². The van der Waals surface area contributed by atoms with Crippen molar-refractivity contribution >= 4 is 17.9 Å². The largest absolute Gasteiger partial charge is 0.462 e. The van der Waals surface area contributed by atoms with Gasteiger partial charge in [0.05, 0.1) is 0 Å². The molecule has 0 aromatic heterocycles. The van der Waals surface area contributed by atoms with E-state index < -0.39 is 6.10 Å². The summed E-state index contributed by atoms with van der Waals surface area (Å²) in [5.41, 5.74) is 0. The fourth-order valence-corrected chi connectivity index (χ4v) is 9.69. The first-order chi connectivity index (χ1) is 33.8. The Morgan fingerprint density at radius 1 is 0.290 bits per heavy atom. The Morgan fingerprint density at radius 3 is 0.754 bits per heavy atom. The minimum atomic E-state index is -0.764. The maximum atomic E-state index is 12.9. The van der Waals surface area contributed by atoms with Crippen LogP contribution in [0.5, 0.6) is 0 Å². The van der Waals surface area contributed by atoms with Crippen LogP contribution in [0.15, 0.2) is 0 Å². The van der Waals surface area contributed by atoms with Crippen molar-refractivity contribution in [2.45, 2.75) is 362 Å². The van der Waals surface area contributed by atoms with Crippen molar-refractivity contribution in [2.75, 3.05) is 13.2 Å². The maximum Gasteiger partial charge on any atom is 0.306 e. The minimum absolute atomic E-state index is 0.0624. The predicted molar refractivity (Wildman–Crippen MR) is 298 cm³/mol. The highest BCUT2D eigenvalue weighted by molar-refractivity contribution is 5.71. The highest BCUT2D eigenvalue weighted by Gasteiger charge is 2.19. The number of hydrogen-bond donors (Lipinski definition) is 0. The molecule has 0 saturated carbocycles. The lowest BCUT2D eigenvalue weighted by molar-refractivity contribution is -0.167. The number of ether oxygens (including phenoxy) is 3. The molecule has 0 bridgehead atoms. The summed E-state index contributed by atoms with van der Waals surface area (Å²) in [4.78, 5) is 38.3. The van der Waals surface area contributed by atoms with E-state index in [9.17, 15) is 14.4 Å². The molecule has 410 valence electrons. The second-order valence-corrected chi connectivity index (χ2v) is 22.2. The van der Waals surface area contributed by atoms with Gasteiger partial charge in [-0.15, -0.1) is 0 Å². The molecule has 0 radical (unpaired) electrons. The summed E-state index contributed by atoms with van der Waals surface area (Å²) in [6.45, 7) is 11.5. The smallest absolute Gasteiger partial charge is 0.306 e. The molecule has 0 N–H and O–H groups in total. The molecule has 69 heavy (non-hydrogen) atoms.